The normalized spacial score (nSPS) is 14.3. The van der Waals surface area contributed by atoms with Gasteiger partial charge in [-0.25, -0.2) is 8.78 Å². The lowest BCUT2D eigenvalue weighted by Crippen LogP contribution is -2.31. The molecule has 136 valence electrons. The fraction of sp³-hybridized carbons (Fsp3) is 0.562. The average Bonchev–Trinajstić information content (AvgIpc) is 3.24. The molecule has 1 amide bonds. The van der Waals surface area contributed by atoms with Crippen LogP contribution in [-0.4, -0.2) is 37.4 Å². The van der Waals surface area contributed by atoms with E-state index in [2.05, 4.69) is 10.2 Å². The molecule has 0 spiro atoms. The second kappa shape index (κ2) is 7.11. The van der Waals surface area contributed by atoms with Gasteiger partial charge >= 0.3 is 0 Å². The number of carbonyl (C=O) groups excluding carboxylic acids is 1. The molecule has 25 heavy (non-hydrogen) atoms. The molecule has 0 N–H and O–H groups in total. The lowest BCUT2D eigenvalue weighted by molar-refractivity contribution is -0.131. The van der Waals surface area contributed by atoms with Gasteiger partial charge < -0.3 is 4.90 Å². The Balaban J connectivity index is 1.69. The molecular weight excluding hydrogens is 352 g/mol. The summed E-state index contributed by atoms with van der Waals surface area (Å²) in [4.78, 5) is 13.8. The van der Waals surface area contributed by atoms with E-state index in [0.29, 0.717) is 23.0 Å². The zero-order valence-electron chi connectivity index (χ0n) is 14.1. The summed E-state index contributed by atoms with van der Waals surface area (Å²) in [6, 6.07) is 1.41. The van der Waals surface area contributed by atoms with Crippen molar-refractivity contribution in [1.82, 2.24) is 24.5 Å². The molecule has 2 aromatic heterocycles. The lowest BCUT2D eigenvalue weighted by atomic mass is 10.3. The van der Waals surface area contributed by atoms with E-state index in [1.54, 1.807) is 17.9 Å². The van der Waals surface area contributed by atoms with E-state index in [9.17, 15) is 13.6 Å². The molecule has 0 radical (unpaired) electrons. The number of alkyl halides is 2. The van der Waals surface area contributed by atoms with Crippen LogP contribution >= 0.6 is 11.6 Å². The summed E-state index contributed by atoms with van der Waals surface area (Å²) in [5.41, 5.74) is 1.01. The highest BCUT2D eigenvalue weighted by atomic mass is 35.5. The predicted molar refractivity (Wildman–Crippen MR) is 88.5 cm³/mol. The van der Waals surface area contributed by atoms with E-state index < -0.39 is 6.43 Å². The van der Waals surface area contributed by atoms with Gasteiger partial charge in [0.15, 0.2) is 0 Å². The number of likely N-dealkylation sites (N-methyl/N-ethyl adjacent to an activating group) is 1. The number of amides is 1. The molecule has 1 aliphatic carbocycles. The van der Waals surface area contributed by atoms with E-state index in [1.165, 1.54) is 11.0 Å². The second-order valence-corrected chi connectivity index (χ2v) is 6.66. The molecule has 1 saturated carbocycles. The van der Waals surface area contributed by atoms with Crippen molar-refractivity contribution < 1.29 is 13.6 Å². The predicted octanol–water partition coefficient (Wildman–Crippen LogP) is 3.23. The van der Waals surface area contributed by atoms with Crippen LogP contribution < -0.4 is 0 Å². The van der Waals surface area contributed by atoms with Crippen LogP contribution in [0.2, 0.25) is 5.02 Å². The minimum Gasteiger partial charge on any atom is -0.338 e. The Morgan fingerprint density at radius 1 is 1.44 bits per heavy atom. The topological polar surface area (TPSA) is 56.0 Å². The van der Waals surface area contributed by atoms with Crippen LogP contribution in [0.25, 0.3) is 0 Å². The van der Waals surface area contributed by atoms with Crippen LogP contribution in [-0.2, 0) is 24.4 Å². The molecular formula is C16H20ClF2N5O. The lowest BCUT2D eigenvalue weighted by Gasteiger charge is -2.17. The third kappa shape index (κ3) is 4.00. The standard InChI is InChI=1S/C16H20ClF2N5O/c1-3-23-7-11(17)13(20-23)8-22(2)15(25)9-24-14(16(18)19)6-12(21-24)10-4-5-10/h6-7,10,16H,3-5,8-9H2,1-2H3. The van der Waals surface area contributed by atoms with Crippen molar-refractivity contribution in [2.24, 2.45) is 0 Å². The van der Waals surface area contributed by atoms with Crippen LogP contribution in [0.3, 0.4) is 0 Å². The molecule has 0 aliphatic heterocycles. The Labute approximate surface area is 149 Å². The molecule has 0 aromatic carbocycles. The number of hydrogen-bond acceptors (Lipinski definition) is 3. The van der Waals surface area contributed by atoms with Crippen molar-refractivity contribution in [3.63, 3.8) is 0 Å². The number of aromatic nitrogens is 4. The number of rotatable bonds is 7. The summed E-state index contributed by atoms with van der Waals surface area (Å²) in [7, 11) is 1.59. The maximum atomic E-state index is 13.2. The Kier molecular flexibility index (Phi) is 5.08. The molecule has 1 aliphatic rings. The summed E-state index contributed by atoms with van der Waals surface area (Å²) in [5, 5.41) is 8.97. The Hall–Kier alpha value is -1.96. The van der Waals surface area contributed by atoms with Crippen LogP contribution in [0.1, 0.15) is 49.2 Å². The first-order valence-corrected chi connectivity index (χ1v) is 8.58. The van der Waals surface area contributed by atoms with E-state index >= 15 is 0 Å². The van der Waals surface area contributed by atoms with Gasteiger partial charge in [0.2, 0.25) is 5.91 Å². The van der Waals surface area contributed by atoms with Crippen molar-refractivity contribution in [3.8, 4) is 0 Å². The summed E-state index contributed by atoms with van der Waals surface area (Å²) in [6.07, 6.45) is 0.963. The molecule has 3 rings (SSSR count). The first-order valence-electron chi connectivity index (χ1n) is 8.20. The van der Waals surface area contributed by atoms with Crippen LogP contribution in [0.5, 0.6) is 0 Å². The number of nitrogens with zero attached hydrogens (tertiary/aromatic N) is 5. The number of aryl methyl sites for hydroxylation is 1. The van der Waals surface area contributed by atoms with Gasteiger partial charge in [0.1, 0.15) is 17.9 Å². The molecule has 9 heteroatoms. The van der Waals surface area contributed by atoms with Crippen molar-refractivity contribution in [1.29, 1.82) is 0 Å². The van der Waals surface area contributed by atoms with Gasteiger partial charge in [0.25, 0.3) is 6.43 Å². The fourth-order valence-corrected chi connectivity index (χ4v) is 2.81. The minimum absolute atomic E-state index is 0.211. The summed E-state index contributed by atoms with van der Waals surface area (Å²) in [6.45, 7) is 2.59. The van der Waals surface area contributed by atoms with Crippen molar-refractivity contribution in [2.45, 2.75) is 51.7 Å². The third-order valence-electron chi connectivity index (χ3n) is 4.26. The molecule has 6 nitrogen and oxygen atoms in total. The van der Waals surface area contributed by atoms with E-state index in [4.69, 9.17) is 11.6 Å². The maximum Gasteiger partial charge on any atom is 0.280 e. The van der Waals surface area contributed by atoms with Gasteiger partial charge in [-0.15, -0.1) is 0 Å². The molecule has 2 aromatic rings. The van der Waals surface area contributed by atoms with Gasteiger partial charge in [-0.2, -0.15) is 10.2 Å². The van der Waals surface area contributed by atoms with Crippen LogP contribution in [0.15, 0.2) is 12.3 Å². The quantitative estimate of drug-likeness (QED) is 0.750. The van der Waals surface area contributed by atoms with Gasteiger partial charge in [-0.05, 0) is 25.8 Å². The van der Waals surface area contributed by atoms with E-state index in [-0.39, 0.29) is 30.6 Å². The first-order chi connectivity index (χ1) is 11.9. The number of halogens is 3. The van der Waals surface area contributed by atoms with E-state index in [0.717, 1.165) is 17.5 Å². The molecule has 0 bridgehead atoms. The van der Waals surface area contributed by atoms with Crippen LogP contribution in [0.4, 0.5) is 8.78 Å². The zero-order valence-corrected chi connectivity index (χ0v) is 14.9. The first kappa shape index (κ1) is 17.8. The Bertz CT molecular complexity index is 769. The highest BCUT2D eigenvalue weighted by Crippen LogP contribution is 2.40. The SMILES string of the molecule is CCn1cc(Cl)c(CN(C)C(=O)Cn2nc(C3CC3)cc2C(F)F)n1. The van der Waals surface area contributed by atoms with Crippen molar-refractivity contribution >= 4 is 17.5 Å². The van der Waals surface area contributed by atoms with Gasteiger partial charge in [-0.3, -0.25) is 14.2 Å². The largest absolute Gasteiger partial charge is 0.338 e. The third-order valence-corrected chi connectivity index (χ3v) is 4.57. The molecule has 0 atom stereocenters. The molecule has 0 saturated heterocycles. The Morgan fingerprint density at radius 2 is 2.16 bits per heavy atom. The minimum atomic E-state index is -2.66. The molecule has 1 fully saturated rings. The average molecular weight is 372 g/mol. The molecule has 2 heterocycles. The summed E-state index contributed by atoms with van der Waals surface area (Å²) < 4.78 is 29.2. The number of carbonyl (C=O) groups is 1. The summed E-state index contributed by atoms with van der Waals surface area (Å²) >= 11 is 6.11. The van der Waals surface area contributed by atoms with Crippen molar-refractivity contribution in [3.05, 3.63) is 34.4 Å². The molecule has 0 unspecified atom stereocenters. The van der Waals surface area contributed by atoms with E-state index in [1.807, 2.05) is 6.92 Å². The fourth-order valence-electron chi connectivity index (χ4n) is 2.60. The smallest absolute Gasteiger partial charge is 0.280 e. The van der Waals surface area contributed by atoms with Gasteiger partial charge in [0.05, 0.1) is 17.3 Å². The highest BCUT2D eigenvalue weighted by Gasteiger charge is 2.29. The van der Waals surface area contributed by atoms with Gasteiger partial charge in [-0.1, -0.05) is 11.6 Å². The summed E-state index contributed by atoms with van der Waals surface area (Å²) in [5.74, 6) is -0.0714. The Morgan fingerprint density at radius 3 is 2.72 bits per heavy atom. The second-order valence-electron chi connectivity index (χ2n) is 6.26. The maximum absolute atomic E-state index is 13.2. The van der Waals surface area contributed by atoms with Crippen LogP contribution in [0, 0.1) is 0 Å². The number of hydrogen-bond donors (Lipinski definition) is 0. The monoisotopic (exact) mass is 371 g/mol. The van der Waals surface area contributed by atoms with Gasteiger partial charge in [0, 0.05) is 25.7 Å². The highest BCUT2D eigenvalue weighted by molar-refractivity contribution is 6.31. The van der Waals surface area contributed by atoms with Crippen molar-refractivity contribution in [2.75, 3.05) is 7.05 Å². The zero-order chi connectivity index (χ0) is 18.1.